The fourth-order valence-corrected chi connectivity index (χ4v) is 3.63. The normalized spacial score (nSPS) is 21.9. The summed E-state index contributed by atoms with van der Waals surface area (Å²) in [6.45, 7) is 4.36. The summed E-state index contributed by atoms with van der Waals surface area (Å²) in [4.78, 5) is 12.3. The first kappa shape index (κ1) is 14.1. The molecule has 0 spiro atoms. The van der Waals surface area contributed by atoms with Gasteiger partial charge in [0.2, 0.25) is 5.91 Å². The van der Waals surface area contributed by atoms with Crippen LogP contribution in [0.3, 0.4) is 0 Å². The fraction of sp³-hybridized carbons (Fsp3) is 0.500. The SMILES string of the molecule is CC1(C)CCCC1C(=O)Nc1ccc(Cl)cc1I. The molecule has 0 radical (unpaired) electrons. The quantitative estimate of drug-likeness (QED) is 0.743. The van der Waals surface area contributed by atoms with Crippen LogP contribution in [0.2, 0.25) is 5.02 Å². The van der Waals surface area contributed by atoms with E-state index in [0.717, 1.165) is 28.5 Å². The molecular formula is C14H17ClINO. The maximum atomic E-state index is 12.3. The predicted octanol–water partition coefficient (Wildman–Crippen LogP) is 4.71. The van der Waals surface area contributed by atoms with Crippen molar-refractivity contribution < 1.29 is 4.79 Å². The number of rotatable bonds is 2. The van der Waals surface area contributed by atoms with E-state index in [-0.39, 0.29) is 17.2 Å². The van der Waals surface area contributed by atoms with E-state index in [2.05, 4.69) is 41.8 Å². The molecule has 0 bridgehead atoms. The molecule has 1 unspecified atom stereocenters. The average Bonchev–Trinajstić information content (AvgIpc) is 2.62. The summed E-state index contributed by atoms with van der Waals surface area (Å²) < 4.78 is 0.976. The van der Waals surface area contributed by atoms with Crippen LogP contribution >= 0.6 is 34.2 Å². The second-order valence-corrected chi connectivity index (χ2v) is 7.15. The number of nitrogens with one attached hydrogen (secondary N) is 1. The molecule has 1 fully saturated rings. The molecule has 1 N–H and O–H groups in total. The Morgan fingerprint density at radius 2 is 2.22 bits per heavy atom. The van der Waals surface area contributed by atoms with Crippen molar-refractivity contribution >= 4 is 45.8 Å². The van der Waals surface area contributed by atoms with Crippen LogP contribution in [0.1, 0.15) is 33.1 Å². The average molecular weight is 378 g/mol. The minimum Gasteiger partial charge on any atom is -0.325 e. The van der Waals surface area contributed by atoms with E-state index in [4.69, 9.17) is 11.6 Å². The van der Waals surface area contributed by atoms with E-state index in [0.29, 0.717) is 5.02 Å². The van der Waals surface area contributed by atoms with E-state index in [1.165, 1.54) is 0 Å². The van der Waals surface area contributed by atoms with Gasteiger partial charge in [-0.15, -0.1) is 0 Å². The lowest BCUT2D eigenvalue weighted by molar-refractivity contribution is -0.122. The maximum Gasteiger partial charge on any atom is 0.228 e. The zero-order valence-electron chi connectivity index (χ0n) is 10.6. The monoisotopic (exact) mass is 377 g/mol. The highest BCUT2D eigenvalue weighted by atomic mass is 127. The van der Waals surface area contributed by atoms with Crippen molar-refractivity contribution in [2.45, 2.75) is 33.1 Å². The lowest BCUT2D eigenvalue weighted by atomic mass is 9.81. The Labute approximate surface area is 127 Å². The molecule has 1 amide bonds. The molecule has 1 aliphatic carbocycles. The van der Waals surface area contributed by atoms with E-state index >= 15 is 0 Å². The van der Waals surface area contributed by atoms with E-state index < -0.39 is 0 Å². The van der Waals surface area contributed by atoms with Gasteiger partial charge in [0.25, 0.3) is 0 Å². The van der Waals surface area contributed by atoms with Crippen LogP contribution in [0, 0.1) is 14.9 Å². The molecule has 1 aliphatic rings. The topological polar surface area (TPSA) is 29.1 Å². The van der Waals surface area contributed by atoms with Crippen LogP contribution in [-0.2, 0) is 4.79 Å². The Bertz CT molecular complexity index is 473. The molecule has 0 heterocycles. The van der Waals surface area contributed by atoms with Crippen molar-refractivity contribution in [2.24, 2.45) is 11.3 Å². The predicted molar refractivity (Wildman–Crippen MR) is 83.9 cm³/mol. The number of anilines is 1. The minimum absolute atomic E-state index is 0.113. The van der Waals surface area contributed by atoms with Crippen molar-refractivity contribution in [3.63, 3.8) is 0 Å². The number of carbonyl (C=O) groups excluding carboxylic acids is 1. The highest BCUT2D eigenvalue weighted by Crippen LogP contribution is 2.43. The molecule has 2 rings (SSSR count). The molecular weight excluding hydrogens is 361 g/mol. The second kappa shape index (κ2) is 5.37. The molecule has 98 valence electrons. The smallest absolute Gasteiger partial charge is 0.228 e. The lowest BCUT2D eigenvalue weighted by Crippen LogP contribution is -2.31. The Kier molecular flexibility index (Phi) is 4.22. The molecule has 0 aromatic heterocycles. The lowest BCUT2D eigenvalue weighted by Gasteiger charge is -2.26. The van der Waals surface area contributed by atoms with E-state index in [1.807, 2.05) is 12.1 Å². The molecule has 1 saturated carbocycles. The maximum absolute atomic E-state index is 12.3. The number of hydrogen-bond donors (Lipinski definition) is 1. The van der Waals surface area contributed by atoms with Gasteiger partial charge in [0.05, 0.1) is 5.69 Å². The Balaban J connectivity index is 2.12. The summed E-state index contributed by atoms with van der Waals surface area (Å²) in [6, 6.07) is 5.53. The van der Waals surface area contributed by atoms with Crippen molar-refractivity contribution in [3.8, 4) is 0 Å². The van der Waals surface area contributed by atoms with Crippen LogP contribution in [0.15, 0.2) is 18.2 Å². The Morgan fingerprint density at radius 3 is 2.78 bits per heavy atom. The third kappa shape index (κ3) is 2.99. The molecule has 0 saturated heterocycles. The molecule has 1 atom stereocenters. The number of halogens is 2. The summed E-state index contributed by atoms with van der Waals surface area (Å²) in [7, 11) is 0. The standard InChI is InChI=1S/C14H17ClINO/c1-14(2)7-3-4-10(14)13(18)17-12-6-5-9(15)8-11(12)16/h5-6,8,10H,3-4,7H2,1-2H3,(H,17,18). The van der Waals surface area contributed by atoms with Gasteiger partial charge in [0.1, 0.15) is 0 Å². The number of amides is 1. The van der Waals surface area contributed by atoms with E-state index in [1.54, 1.807) is 6.07 Å². The summed E-state index contributed by atoms with van der Waals surface area (Å²) in [5.74, 6) is 0.252. The van der Waals surface area contributed by atoms with Crippen LogP contribution in [0.25, 0.3) is 0 Å². The first-order chi connectivity index (χ1) is 8.40. The van der Waals surface area contributed by atoms with Crippen molar-refractivity contribution in [1.82, 2.24) is 0 Å². The van der Waals surface area contributed by atoms with Gasteiger partial charge in [-0.1, -0.05) is 31.9 Å². The molecule has 1 aromatic carbocycles. The van der Waals surface area contributed by atoms with Crippen LogP contribution in [0.5, 0.6) is 0 Å². The van der Waals surface area contributed by atoms with Gasteiger partial charge >= 0.3 is 0 Å². The first-order valence-corrected chi connectivity index (χ1v) is 7.62. The van der Waals surface area contributed by atoms with Crippen molar-refractivity contribution in [2.75, 3.05) is 5.32 Å². The van der Waals surface area contributed by atoms with Gasteiger partial charge in [0.15, 0.2) is 0 Å². The second-order valence-electron chi connectivity index (χ2n) is 5.55. The summed E-state index contributed by atoms with van der Waals surface area (Å²) in [5.41, 5.74) is 0.967. The van der Waals surface area contributed by atoms with Gasteiger partial charge in [-0.25, -0.2) is 0 Å². The number of carbonyl (C=O) groups is 1. The highest BCUT2D eigenvalue weighted by Gasteiger charge is 2.39. The third-order valence-electron chi connectivity index (χ3n) is 3.76. The Hall–Kier alpha value is -0.290. The van der Waals surface area contributed by atoms with Crippen molar-refractivity contribution in [3.05, 3.63) is 26.8 Å². The van der Waals surface area contributed by atoms with Crippen LogP contribution in [0.4, 0.5) is 5.69 Å². The zero-order valence-corrected chi connectivity index (χ0v) is 13.5. The van der Waals surface area contributed by atoms with Crippen molar-refractivity contribution in [1.29, 1.82) is 0 Å². The van der Waals surface area contributed by atoms with E-state index in [9.17, 15) is 4.79 Å². The largest absolute Gasteiger partial charge is 0.325 e. The molecule has 2 nitrogen and oxygen atoms in total. The van der Waals surface area contributed by atoms with Crippen LogP contribution in [-0.4, -0.2) is 5.91 Å². The minimum atomic E-state index is 0.113. The third-order valence-corrected chi connectivity index (χ3v) is 4.89. The van der Waals surface area contributed by atoms with Gasteiger partial charge in [-0.05, 0) is 59.0 Å². The highest BCUT2D eigenvalue weighted by molar-refractivity contribution is 14.1. The first-order valence-electron chi connectivity index (χ1n) is 6.16. The molecule has 18 heavy (non-hydrogen) atoms. The molecule has 1 aromatic rings. The van der Waals surface area contributed by atoms with Gasteiger partial charge in [-0.2, -0.15) is 0 Å². The van der Waals surface area contributed by atoms with Crippen LogP contribution < -0.4 is 5.32 Å². The zero-order chi connectivity index (χ0) is 13.3. The van der Waals surface area contributed by atoms with Gasteiger partial charge in [0, 0.05) is 14.5 Å². The Morgan fingerprint density at radius 1 is 1.50 bits per heavy atom. The number of benzene rings is 1. The summed E-state index contributed by atoms with van der Waals surface area (Å²) >= 11 is 8.10. The molecule has 4 heteroatoms. The van der Waals surface area contributed by atoms with Gasteiger partial charge in [-0.3, -0.25) is 4.79 Å². The van der Waals surface area contributed by atoms with Gasteiger partial charge < -0.3 is 5.32 Å². The molecule has 0 aliphatic heterocycles. The fourth-order valence-electron chi connectivity index (χ4n) is 2.62. The number of hydrogen-bond acceptors (Lipinski definition) is 1. The summed E-state index contributed by atoms with van der Waals surface area (Å²) in [5, 5.41) is 3.72. The summed E-state index contributed by atoms with van der Waals surface area (Å²) in [6.07, 6.45) is 3.26.